The third-order valence-corrected chi connectivity index (χ3v) is 5.52. The van der Waals surface area contributed by atoms with Crippen LogP contribution in [0, 0.1) is 11.8 Å². The lowest BCUT2D eigenvalue weighted by molar-refractivity contribution is 0.0638. The fourth-order valence-electron chi connectivity index (χ4n) is 3.77. The molecule has 6 nitrogen and oxygen atoms in total. The number of carbonyl (C=O) groups excluding carboxylic acids is 3. The van der Waals surface area contributed by atoms with E-state index >= 15 is 0 Å². The molecular weight excluding hydrogens is 332 g/mol. The van der Waals surface area contributed by atoms with Crippen LogP contribution in [0.25, 0.3) is 0 Å². The van der Waals surface area contributed by atoms with Gasteiger partial charge in [-0.15, -0.1) is 0 Å². The number of benzene rings is 1. The van der Waals surface area contributed by atoms with E-state index in [0.29, 0.717) is 48.1 Å². The molecule has 0 bridgehead atoms. The van der Waals surface area contributed by atoms with Gasteiger partial charge in [-0.3, -0.25) is 19.3 Å². The minimum atomic E-state index is -0.323. The predicted octanol–water partition coefficient (Wildman–Crippen LogP) is 2.24. The maximum Gasteiger partial charge on any atom is 0.261 e. The normalized spacial score (nSPS) is 19.2. The second-order valence-corrected chi connectivity index (χ2v) is 7.54. The number of carbonyl (C=O) groups is 3. The highest BCUT2D eigenvalue weighted by molar-refractivity contribution is 6.22. The Balaban J connectivity index is 1.48. The van der Waals surface area contributed by atoms with Gasteiger partial charge in [0.05, 0.1) is 11.1 Å². The van der Waals surface area contributed by atoms with Crippen LogP contribution >= 0.6 is 0 Å². The number of hydrogen-bond acceptors (Lipinski definition) is 4. The summed E-state index contributed by atoms with van der Waals surface area (Å²) >= 11 is 0. The van der Waals surface area contributed by atoms with Crippen molar-refractivity contribution in [2.45, 2.75) is 38.1 Å². The van der Waals surface area contributed by atoms with Crippen LogP contribution in [-0.2, 0) is 4.74 Å². The molecule has 1 N–H and O–H groups in total. The van der Waals surface area contributed by atoms with Crippen molar-refractivity contribution in [1.82, 2.24) is 10.2 Å². The summed E-state index contributed by atoms with van der Waals surface area (Å²) in [6, 6.07) is 5.08. The molecule has 1 aromatic rings. The summed E-state index contributed by atoms with van der Waals surface area (Å²) in [7, 11) is 1.59. The first-order chi connectivity index (χ1) is 12.6. The summed E-state index contributed by atoms with van der Waals surface area (Å²) in [5.41, 5.74) is 1.16. The second-order valence-electron chi connectivity index (χ2n) is 7.54. The SMILES string of the molecule is COCCCN1C(=O)c2ccc(C(=O)NC(C3CC3)C3CC3)cc2C1=O. The monoisotopic (exact) mass is 356 g/mol. The van der Waals surface area contributed by atoms with E-state index in [0.717, 1.165) is 0 Å². The number of rotatable bonds is 8. The van der Waals surface area contributed by atoms with Crippen LogP contribution in [0.5, 0.6) is 0 Å². The van der Waals surface area contributed by atoms with Gasteiger partial charge in [0.2, 0.25) is 0 Å². The van der Waals surface area contributed by atoms with E-state index < -0.39 is 0 Å². The number of imide groups is 1. The Hall–Kier alpha value is -2.21. The van der Waals surface area contributed by atoms with Gasteiger partial charge in [-0.25, -0.2) is 0 Å². The van der Waals surface area contributed by atoms with Crippen LogP contribution in [0.1, 0.15) is 63.2 Å². The van der Waals surface area contributed by atoms with Gasteiger partial charge < -0.3 is 10.1 Å². The number of hydrogen-bond donors (Lipinski definition) is 1. The van der Waals surface area contributed by atoms with Crippen LogP contribution in [0.4, 0.5) is 0 Å². The summed E-state index contributed by atoms with van der Waals surface area (Å²) in [5.74, 6) is 0.467. The van der Waals surface area contributed by atoms with Gasteiger partial charge in [0.1, 0.15) is 0 Å². The van der Waals surface area contributed by atoms with Crippen molar-refractivity contribution in [3.63, 3.8) is 0 Å². The van der Waals surface area contributed by atoms with E-state index in [2.05, 4.69) is 5.32 Å². The van der Waals surface area contributed by atoms with E-state index in [9.17, 15) is 14.4 Å². The number of nitrogens with zero attached hydrogens (tertiary/aromatic N) is 1. The van der Waals surface area contributed by atoms with Crippen LogP contribution in [-0.4, -0.2) is 48.9 Å². The first kappa shape index (κ1) is 17.2. The average molecular weight is 356 g/mol. The van der Waals surface area contributed by atoms with Crippen molar-refractivity contribution >= 4 is 17.7 Å². The summed E-state index contributed by atoms with van der Waals surface area (Å²) < 4.78 is 4.98. The van der Waals surface area contributed by atoms with E-state index in [1.54, 1.807) is 25.3 Å². The Morgan fingerprint density at radius 2 is 1.81 bits per heavy atom. The zero-order chi connectivity index (χ0) is 18.3. The van der Waals surface area contributed by atoms with E-state index in [-0.39, 0.29) is 23.8 Å². The Morgan fingerprint density at radius 3 is 2.42 bits per heavy atom. The largest absolute Gasteiger partial charge is 0.385 e. The fraction of sp³-hybridized carbons (Fsp3) is 0.550. The predicted molar refractivity (Wildman–Crippen MR) is 95.0 cm³/mol. The Bertz CT molecular complexity index is 740. The lowest BCUT2D eigenvalue weighted by atomic mass is 10.0. The first-order valence-corrected chi connectivity index (χ1v) is 9.40. The van der Waals surface area contributed by atoms with Crippen LogP contribution < -0.4 is 5.32 Å². The van der Waals surface area contributed by atoms with Crippen molar-refractivity contribution in [2.24, 2.45) is 11.8 Å². The minimum Gasteiger partial charge on any atom is -0.385 e. The number of methoxy groups -OCH3 is 1. The van der Waals surface area contributed by atoms with Gasteiger partial charge in [0.25, 0.3) is 17.7 Å². The van der Waals surface area contributed by atoms with Crippen LogP contribution in [0.15, 0.2) is 18.2 Å². The van der Waals surface area contributed by atoms with Crippen molar-refractivity contribution in [3.8, 4) is 0 Å². The van der Waals surface area contributed by atoms with Gasteiger partial charge in [0, 0.05) is 31.9 Å². The van der Waals surface area contributed by atoms with Gasteiger partial charge in [-0.05, 0) is 62.1 Å². The molecule has 0 unspecified atom stereocenters. The molecule has 0 atom stereocenters. The second kappa shape index (κ2) is 6.83. The topological polar surface area (TPSA) is 75.7 Å². The molecule has 3 amide bonds. The Morgan fingerprint density at radius 1 is 1.15 bits per heavy atom. The van der Waals surface area contributed by atoms with Crippen molar-refractivity contribution in [3.05, 3.63) is 34.9 Å². The lowest BCUT2D eigenvalue weighted by Gasteiger charge is -2.17. The fourth-order valence-corrected chi connectivity index (χ4v) is 3.77. The molecule has 26 heavy (non-hydrogen) atoms. The summed E-state index contributed by atoms with van der Waals surface area (Å²) in [6.45, 7) is 0.817. The average Bonchev–Trinajstić information content (AvgIpc) is 3.55. The maximum atomic E-state index is 12.7. The summed E-state index contributed by atoms with van der Waals surface area (Å²) in [6.07, 6.45) is 5.36. The van der Waals surface area contributed by atoms with Gasteiger partial charge in [-0.1, -0.05) is 0 Å². The highest BCUT2D eigenvalue weighted by Gasteiger charge is 2.42. The molecule has 3 aliphatic rings. The number of fused-ring (bicyclic) bond motifs is 1. The molecule has 1 heterocycles. The summed E-state index contributed by atoms with van der Waals surface area (Å²) in [5, 5.41) is 3.16. The summed E-state index contributed by atoms with van der Waals surface area (Å²) in [4.78, 5) is 38.9. The van der Waals surface area contributed by atoms with E-state index in [4.69, 9.17) is 4.74 Å². The smallest absolute Gasteiger partial charge is 0.261 e. The molecule has 2 fully saturated rings. The quantitative estimate of drug-likeness (QED) is 0.572. The molecule has 0 aromatic heterocycles. The highest BCUT2D eigenvalue weighted by Crippen LogP contribution is 2.44. The molecule has 2 aliphatic carbocycles. The maximum absolute atomic E-state index is 12.7. The molecule has 0 saturated heterocycles. The molecule has 1 aliphatic heterocycles. The van der Waals surface area contributed by atoms with Crippen LogP contribution in [0.2, 0.25) is 0 Å². The first-order valence-electron chi connectivity index (χ1n) is 9.40. The standard InChI is InChI=1S/C20H24N2O4/c1-26-10-2-9-22-19(24)15-8-7-14(11-16(15)20(22)25)18(23)21-17(12-3-4-12)13-5-6-13/h7-8,11-13,17H,2-6,9-10H2,1H3,(H,21,23). The Kier molecular flexibility index (Phi) is 4.53. The number of nitrogens with one attached hydrogen (secondary N) is 1. The zero-order valence-electron chi connectivity index (χ0n) is 15.0. The number of amides is 3. The third kappa shape index (κ3) is 3.26. The molecule has 1 aromatic carbocycles. The molecule has 4 rings (SSSR count). The van der Waals surface area contributed by atoms with E-state index in [1.807, 2.05) is 0 Å². The zero-order valence-corrected chi connectivity index (χ0v) is 15.0. The highest BCUT2D eigenvalue weighted by atomic mass is 16.5. The minimum absolute atomic E-state index is 0.144. The van der Waals surface area contributed by atoms with E-state index in [1.165, 1.54) is 30.6 Å². The van der Waals surface area contributed by atoms with Crippen molar-refractivity contribution < 1.29 is 19.1 Å². The molecule has 2 saturated carbocycles. The van der Waals surface area contributed by atoms with Gasteiger partial charge in [-0.2, -0.15) is 0 Å². The lowest BCUT2D eigenvalue weighted by Crippen LogP contribution is -2.38. The van der Waals surface area contributed by atoms with Crippen LogP contribution in [0.3, 0.4) is 0 Å². The molecular formula is C20H24N2O4. The molecule has 6 heteroatoms. The molecule has 0 radical (unpaired) electrons. The van der Waals surface area contributed by atoms with Crippen molar-refractivity contribution in [1.29, 1.82) is 0 Å². The van der Waals surface area contributed by atoms with Gasteiger partial charge in [0.15, 0.2) is 0 Å². The van der Waals surface area contributed by atoms with Gasteiger partial charge >= 0.3 is 0 Å². The molecule has 0 spiro atoms. The third-order valence-electron chi connectivity index (χ3n) is 5.52. The Labute approximate surface area is 152 Å². The number of ether oxygens (including phenoxy) is 1. The molecule has 138 valence electrons. The van der Waals surface area contributed by atoms with Crippen molar-refractivity contribution in [2.75, 3.05) is 20.3 Å².